The fourth-order valence-electron chi connectivity index (χ4n) is 7.69. The molecular formula is C51H92O12S. The number of allylic oxidation sites excluding steroid dienone is 6. The molecule has 0 aliphatic carbocycles. The highest BCUT2D eigenvalue weighted by atomic mass is 32.2. The van der Waals surface area contributed by atoms with Crippen LogP contribution in [0.4, 0.5) is 0 Å². The van der Waals surface area contributed by atoms with Crippen LogP contribution in [0.3, 0.4) is 0 Å². The third-order valence-electron chi connectivity index (χ3n) is 11.7. The average molecular weight is 929 g/mol. The van der Waals surface area contributed by atoms with Gasteiger partial charge in [0.25, 0.3) is 10.1 Å². The van der Waals surface area contributed by atoms with Gasteiger partial charge in [0.05, 0.1) is 6.61 Å². The highest BCUT2D eigenvalue weighted by Crippen LogP contribution is 2.24. The molecule has 0 aromatic carbocycles. The van der Waals surface area contributed by atoms with Crippen LogP contribution in [0.15, 0.2) is 36.5 Å². The summed E-state index contributed by atoms with van der Waals surface area (Å²) in [5, 5.41) is 30.9. The Kier molecular flexibility index (Phi) is 38.4. The van der Waals surface area contributed by atoms with Crippen molar-refractivity contribution in [3.05, 3.63) is 36.5 Å². The van der Waals surface area contributed by atoms with Gasteiger partial charge in [-0.3, -0.25) is 14.1 Å². The SMILES string of the molecule is CCCCCC/C=C/CCCCCCCC(=O)OC[C@H](CO[C@H]1O[C@H](CS(=O)(=O)O)[C@@H](O)C(O)C1O)OC(=O)CCC/C=C/CC/C=C/CCCCCCCCCCCCCCCC. The van der Waals surface area contributed by atoms with Crippen molar-refractivity contribution >= 4 is 22.1 Å². The summed E-state index contributed by atoms with van der Waals surface area (Å²) in [4.78, 5) is 25.4. The molecule has 0 saturated carbocycles. The molecular weight excluding hydrogens is 837 g/mol. The Morgan fingerprint density at radius 2 is 0.922 bits per heavy atom. The largest absolute Gasteiger partial charge is 0.462 e. The maximum absolute atomic E-state index is 12.8. The number of carbonyl (C=O) groups excluding carboxylic acids is 2. The quantitative estimate of drug-likeness (QED) is 0.0196. The van der Waals surface area contributed by atoms with E-state index in [-0.39, 0.29) is 19.4 Å². The van der Waals surface area contributed by atoms with E-state index in [0.717, 1.165) is 57.8 Å². The van der Waals surface area contributed by atoms with E-state index in [0.29, 0.717) is 19.3 Å². The summed E-state index contributed by atoms with van der Waals surface area (Å²) in [5.74, 6) is -2.04. The van der Waals surface area contributed by atoms with E-state index in [1.807, 2.05) is 0 Å². The van der Waals surface area contributed by atoms with Crippen molar-refractivity contribution in [2.75, 3.05) is 19.0 Å². The minimum absolute atomic E-state index is 0.104. The van der Waals surface area contributed by atoms with E-state index in [2.05, 4.69) is 50.3 Å². The standard InChI is InChI=1S/C51H92O12S/c1-3-5-7-9-11-13-15-17-18-19-20-21-22-23-24-25-26-28-30-32-34-36-38-40-47(53)62-44(42-61-51-50(56)49(55)48(54)45(63-51)43-64(57,58)59)41-60-46(52)39-37-35-33-31-29-27-16-14-12-10-8-6-4-2/h14,16,25-26,32,34,44-45,48-51,54-56H,3-13,15,17-24,27-31,33,35-43H2,1-2H3,(H,57,58,59)/b16-14+,26-25+,34-32+/t44-,45-,48-,49?,50?,51+/m1/s1. The lowest BCUT2D eigenvalue weighted by molar-refractivity contribution is -0.297. The highest BCUT2D eigenvalue weighted by Gasteiger charge is 2.46. The van der Waals surface area contributed by atoms with Crippen LogP contribution in [0.2, 0.25) is 0 Å². The third-order valence-corrected chi connectivity index (χ3v) is 12.4. The van der Waals surface area contributed by atoms with E-state index in [9.17, 15) is 37.9 Å². The van der Waals surface area contributed by atoms with Gasteiger partial charge in [-0.2, -0.15) is 8.42 Å². The van der Waals surface area contributed by atoms with Crippen molar-refractivity contribution in [2.45, 2.75) is 256 Å². The van der Waals surface area contributed by atoms with Crippen LogP contribution in [0, 0.1) is 0 Å². The number of hydrogen-bond donors (Lipinski definition) is 4. The summed E-state index contributed by atoms with van der Waals surface area (Å²) < 4.78 is 54.1. The van der Waals surface area contributed by atoms with E-state index < -0.39 is 71.2 Å². The molecule has 0 bridgehead atoms. The molecule has 2 unspecified atom stereocenters. The van der Waals surface area contributed by atoms with Crippen LogP contribution in [0.1, 0.15) is 219 Å². The molecule has 1 fully saturated rings. The maximum atomic E-state index is 12.8. The molecule has 6 atom stereocenters. The Morgan fingerprint density at radius 3 is 1.41 bits per heavy atom. The van der Waals surface area contributed by atoms with E-state index in [4.69, 9.17) is 18.9 Å². The van der Waals surface area contributed by atoms with Crippen molar-refractivity contribution in [1.29, 1.82) is 0 Å². The molecule has 1 aliphatic heterocycles. The summed E-state index contributed by atoms with van der Waals surface area (Å²) in [7, 11) is -4.61. The fraction of sp³-hybridized carbons (Fsp3) is 0.843. The molecule has 1 saturated heterocycles. The summed E-state index contributed by atoms with van der Waals surface area (Å²) in [6.07, 6.45) is 39.2. The molecule has 0 aromatic rings. The lowest BCUT2D eigenvalue weighted by atomic mass is 10.00. The first-order chi connectivity index (χ1) is 31.0. The second kappa shape index (κ2) is 41.1. The predicted octanol–water partition coefficient (Wildman–Crippen LogP) is 11.3. The van der Waals surface area contributed by atoms with Crippen LogP contribution >= 0.6 is 0 Å². The monoisotopic (exact) mass is 929 g/mol. The van der Waals surface area contributed by atoms with Gasteiger partial charge < -0.3 is 34.3 Å². The number of rotatable bonds is 43. The molecule has 64 heavy (non-hydrogen) atoms. The van der Waals surface area contributed by atoms with Crippen molar-refractivity contribution in [3.8, 4) is 0 Å². The summed E-state index contributed by atoms with van der Waals surface area (Å²) >= 11 is 0. The molecule has 0 amide bonds. The first-order valence-electron chi connectivity index (χ1n) is 25.5. The predicted molar refractivity (Wildman–Crippen MR) is 256 cm³/mol. The third kappa shape index (κ3) is 35.1. The first kappa shape index (κ1) is 59.9. The van der Waals surface area contributed by atoms with Crippen LogP contribution < -0.4 is 0 Å². The molecule has 1 aliphatic rings. The number of ether oxygens (including phenoxy) is 4. The molecule has 1 rings (SSSR count). The van der Waals surface area contributed by atoms with Crippen LogP contribution in [0.5, 0.6) is 0 Å². The van der Waals surface area contributed by atoms with Gasteiger partial charge in [-0.15, -0.1) is 0 Å². The molecule has 1 heterocycles. The number of aliphatic hydroxyl groups excluding tert-OH is 3. The van der Waals surface area contributed by atoms with Crippen molar-refractivity contribution in [1.82, 2.24) is 0 Å². The number of aliphatic hydroxyl groups is 3. The van der Waals surface area contributed by atoms with E-state index >= 15 is 0 Å². The number of hydrogen-bond acceptors (Lipinski definition) is 11. The fourth-order valence-corrected chi connectivity index (χ4v) is 8.38. The second-order valence-electron chi connectivity index (χ2n) is 17.8. The van der Waals surface area contributed by atoms with E-state index in [1.165, 1.54) is 116 Å². The lowest BCUT2D eigenvalue weighted by Crippen LogP contribution is -2.60. The minimum atomic E-state index is -4.61. The zero-order chi connectivity index (χ0) is 46.9. The minimum Gasteiger partial charge on any atom is -0.462 e. The molecule has 0 spiro atoms. The molecule has 13 heteroatoms. The van der Waals surface area contributed by atoms with Crippen LogP contribution in [-0.4, -0.2) is 96.0 Å². The summed E-state index contributed by atoms with van der Waals surface area (Å²) in [5.41, 5.74) is 0. The molecule has 4 N–H and O–H groups in total. The van der Waals surface area contributed by atoms with Crippen molar-refractivity contribution < 1.29 is 56.8 Å². The normalized spacial score (nSPS) is 19.9. The summed E-state index contributed by atoms with van der Waals surface area (Å²) in [6.45, 7) is 3.73. The smallest absolute Gasteiger partial charge is 0.306 e. The Balaban J connectivity index is 2.39. The first-order valence-corrected chi connectivity index (χ1v) is 27.2. The van der Waals surface area contributed by atoms with Gasteiger partial charge >= 0.3 is 11.9 Å². The Morgan fingerprint density at radius 1 is 0.516 bits per heavy atom. The number of esters is 2. The molecule has 0 radical (unpaired) electrons. The molecule has 374 valence electrons. The van der Waals surface area contributed by atoms with E-state index in [1.54, 1.807) is 0 Å². The Labute approximate surface area is 389 Å². The van der Waals surface area contributed by atoms with Crippen LogP contribution in [0.25, 0.3) is 0 Å². The van der Waals surface area contributed by atoms with Gasteiger partial charge in [-0.05, 0) is 70.6 Å². The van der Waals surface area contributed by atoms with Crippen LogP contribution in [-0.2, 0) is 38.7 Å². The highest BCUT2D eigenvalue weighted by molar-refractivity contribution is 7.85. The van der Waals surface area contributed by atoms with Gasteiger partial charge in [0.2, 0.25) is 0 Å². The lowest BCUT2D eigenvalue weighted by Gasteiger charge is -2.40. The Bertz CT molecular complexity index is 1320. The maximum Gasteiger partial charge on any atom is 0.306 e. The molecule has 0 aromatic heterocycles. The van der Waals surface area contributed by atoms with Gasteiger partial charge in [-0.25, -0.2) is 0 Å². The molecule has 12 nitrogen and oxygen atoms in total. The van der Waals surface area contributed by atoms with Gasteiger partial charge in [0.15, 0.2) is 12.4 Å². The second-order valence-corrected chi connectivity index (χ2v) is 19.3. The van der Waals surface area contributed by atoms with Gasteiger partial charge in [0.1, 0.15) is 36.8 Å². The topological polar surface area (TPSA) is 186 Å². The average Bonchev–Trinajstić information content (AvgIpc) is 3.26. The summed E-state index contributed by atoms with van der Waals surface area (Å²) in [6, 6.07) is 0. The zero-order valence-electron chi connectivity index (χ0n) is 40.1. The zero-order valence-corrected chi connectivity index (χ0v) is 41.0. The Hall–Kier alpha value is -2.13. The van der Waals surface area contributed by atoms with Crippen molar-refractivity contribution in [3.63, 3.8) is 0 Å². The number of carbonyl (C=O) groups is 2. The van der Waals surface area contributed by atoms with Gasteiger partial charge in [-0.1, -0.05) is 172 Å². The van der Waals surface area contributed by atoms with Crippen molar-refractivity contribution in [2.24, 2.45) is 0 Å². The number of unbranched alkanes of at least 4 members (excludes halogenated alkanes) is 25. The van der Waals surface area contributed by atoms with Gasteiger partial charge in [0, 0.05) is 12.8 Å².